The number of nitrogens with zero attached hydrogens (tertiary/aromatic N) is 1. The third kappa shape index (κ3) is 7.92. The second-order valence-corrected chi connectivity index (χ2v) is 21.6. The number of rotatable bonds is 11. The summed E-state index contributed by atoms with van der Waals surface area (Å²) >= 11 is 0. The molecule has 2 rings (SSSR count). The molecular weight excluding hydrogens is 466 g/mol. The second kappa shape index (κ2) is 12.2. The number of carbonyl (C=O) groups excluding carboxylic acids is 1. The summed E-state index contributed by atoms with van der Waals surface area (Å²) in [4.78, 5) is 14.7. The van der Waals surface area contributed by atoms with Gasteiger partial charge < -0.3 is 14.1 Å². The lowest BCUT2D eigenvalue weighted by Gasteiger charge is -2.43. The fourth-order valence-corrected chi connectivity index (χ4v) is 10.8. The molecule has 0 atom stereocenters. The van der Waals surface area contributed by atoms with Crippen LogP contribution >= 0.6 is 0 Å². The van der Waals surface area contributed by atoms with Crippen molar-refractivity contribution < 1.29 is 14.0 Å². The van der Waals surface area contributed by atoms with E-state index in [0.717, 1.165) is 11.6 Å². The third-order valence-electron chi connectivity index (χ3n) is 6.11. The van der Waals surface area contributed by atoms with E-state index in [0.29, 0.717) is 13.2 Å². The number of amides is 1. The van der Waals surface area contributed by atoms with Gasteiger partial charge in [0.25, 0.3) is 8.32 Å². The van der Waals surface area contributed by atoms with Crippen LogP contribution in [-0.2, 0) is 9.16 Å². The van der Waals surface area contributed by atoms with Gasteiger partial charge in [-0.1, -0.05) is 108 Å². The van der Waals surface area contributed by atoms with Gasteiger partial charge in [-0.3, -0.25) is 0 Å². The first-order chi connectivity index (χ1) is 16.3. The molecule has 0 aliphatic rings. The van der Waals surface area contributed by atoms with Crippen molar-refractivity contribution in [1.82, 2.24) is 4.90 Å². The average molecular weight is 512 g/mol. The minimum absolute atomic E-state index is 0.00973. The highest BCUT2D eigenvalue weighted by Crippen LogP contribution is 2.36. The molecule has 0 saturated heterocycles. The van der Waals surface area contributed by atoms with E-state index in [2.05, 4.69) is 95.5 Å². The Hall–Kier alpha value is -2.16. The SMILES string of the molecule is C=C(COC(=O)N(CCO[Si](c1ccccc1)(c1ccccc1)C(C)(C)C)C(C)C)C[Si](C)(C)C. The second-order valence-electron chi connectivity index (χ2n) is 11.8. The van der Waals surface area contributed by atoms with E-state index in [9.17, 15) is 4.79 Å². The standard InChI is InChI=1S/C29H45NO3Si2/c1-24(2)30(28(31)32-22-25(3)23-34(7,8)9)20-21-33-35(29(4,5)6,26-16-12-10-13-17-26)27-18-14-11-15-19-27/h10-19,24H,3,20-23H2,1-2,4-9H3. The molecule has 2 aromatic rings. The lowest BCUT2D eigenvalue weighted by molar-refractivity contribution is 0.0906. The number of hydrogen-bond acceptors (Lipinski definition) is 3. The van der Waals surface area contributed by atoms with Crippen LogP contribution in [0.1, 0.15) is 34.6 Å². The maximum absolute atomic E-state index is 13.0. The first-order valence-corrected chi connectivity index (χ1v) is 18.2. The van der Waals surface area contributed by atoms with Gasteiger partial charge in [0.15, 0.2) is 0 Å². The summed E-state index contributed by atoms with van der Waals surface area (Å²) in [6.45, 7) is 23.0. The summed E-state index contributed by atoms with van der Waals surface area (Å²) in [6.07, 6.45) is -0.303. The third-order valence-corrected chi connectivity index (χ3v) is 12.7. The molecule has 6 heteroatoms. The monoisotopic (exact) mass is 511 g/mol. The van der Waals surface area contributed by atoms with Crippen LogP contribution in [0.4, 0.5) is 4.79 Å². The molecule has 0 unspecified atom stereocenters. The maximum atomic E-state index is 13.0. The molecule has 0 bridgehead atoms. The summed E-state index contributed by atoms with van der Waals surface area (Å²) in [5.74, 6) is 0. The lowest BCUT2D eigenvalue weighted by atomic mass is 10.2. The van der Waals surface area contributed by atoms with Crippen molar-refractivity contribution in [2.45, 2.75) is 71.4 Å². The Morgan fingerprint density at radius 3 is 1.83 bits per heavy atom. The predicted octanol–water partition coefficient (Wildman–Crippen LogP) is 6.30. The molecule has 0 aliphatic heterocycles. The number of hydrogen-bond donors (Lipinski definition) is 0. The van der Waals surface area contributed by atoms with Crippen LogP contribution in [0.2, 0.25) is 30.7 Å². The van der Waals surface area contributed by atoms with Crippen molar-refractivity contribution in [3.8, 4) is 0 Å². The van der Waals surface area contributed by atoms with Gasteiger partial charge in [-0.15, -0.1) is 0 Å². The molecule has 4 nitrogen and oxygen atoms in total. The molecule has 0 aliphatic carbocycles. The molecule has 0 radical (unpaired) electrons. The summed E-state index contributed by atoms with van der Waals surface area (Å²) in [5, 5.41) is 2.37. The van der Waals surface area contributed by atoms with Crippen LogP contribution in [0.15, 0.2) is 72.8 Å². The predicted molar refractivity (Wildman–Crippen MR) is 154 cm³/mol. The molecule has 0 aromatic heterocycles. The molecule has 0 fully saturated rings. The summed E-state index contributed by atoms with van der Waals surface area (Å²) < 4.78 is 12.6. The Morgan fingerprint density at radius 1 is 0.943 bits per heavy atom. The lowest BCUT2D eigenvalue weighted by Crippen LogP contribution is -2.67. The highest BCUT2D eigenvalue weighted by Gasteiger charge is 2.50. The number of benzene rings is 2. The van der Waals surface area contributed by atoms with Crippen LogP contribution in [0.25, 0.3) is 0 Å². The zero-order valence-corrected chi connectivity index (χ0v) is 25.1. The Labute approximate surface area is 215 Å². The van der Waals surface area contributed by atoms with Crippen LogP contribution in [0.3, 0.4) is 0 Å². The van der Waals surface area contributed by atoms with Crippen LogP contribution in [-0.4, -0.2) is 53.2 Å². The summed E-state index contributed by atoms with van der Waals surface area (Å²) in [6, 6.07) is 22.1. The van der Waals surface area contributed by atoms with Gasteiger partial charge in [-0.25, -0.2) is 4.79 Å². The zero-order chi connectivity index (χ0) is 26.3. The van der Waals surface area contributed by atoms with Gasteiger partial charge in [0.2, 0.25) is 0 Å². The van der Waals surface area contributed by atoms with E-state index in [1.807, 2.05) is 26.0 Å². The van der Waals surface area contributed by atoms with Gasteiger partial charge in [-0.2, -0.15) is 0 Å². The van der Waals surface area contributed by atoms with E-state index in [1.165, 1.54) is 10.4 Å². The van der Waals surface area contributed by atoms with Crippen molar-refractivity contribution >= 4 is 32.9 Å². The van der Waals surface area contributed by atoms with Crippen LogP contribution < -0.4 is 10.4 Å². The fraction of sp³-hybridized carbons (Fsp3) is 0.483. The normalized spacial score (nSPS) is 12.5. The quantitative estimate of drug-likeness (QED) is 0.262. The van der Waals surface area contributed by atoms with Gasteiger partial charge in [0.05, 0.1) is 6.61 Å². The van der Waals surface area contributed by atoms with E-state index >= 15 is 0 Å². The van der Waals surface area contributed by atoms with E-state index < -0.39 is 16.4 Å². The Balaban J connectivity index is 2.22. The van der Waals surface area contributed by atoms with E-state index in [1.54, 1.807) is 4.90 Å². The Kier molecular flexibility index (Phi) is 10.1. The molecule has 0 spiro atoms. The van der Waals surface area contributed by atoms with Gasteiger partial charge >= 0.3 is 6.09 Å². The maximum Gasteiger partial charge on any atom is 0.410 e. The van der Waals surface area contributed by atoms with Crippen molar-refractivity contribution in [3.05, 3.63) is 72.8 Å². The highest BCUT2D eigenvalue weighted by molar-refractivity contribution is 6.99. The number of carbonyl (C=O) groups is 1. The molecule has 1 amide bonds. The highest BCUT2D eigenvalue weighted by atomic mass is 28.4. The molecular formula is C29H45NO3Si2. The Bertz CT molecular complexity index is 908. The van der Waals surface area contributed by atoms with Gasteiger partial charge in [-0.05, 0) is 40.9 Å². The van der Waals surface area contributed by atoms with E-state index in [4.69, 9.17) is 9.16 Å². The molecule has 0 saturated carbocycles. The van der Waals surface area contributed by atoms with Crippen molar-refractivity contribution in [1.29, 1.82) is 0 Å². The first kappa shape index (κ1) is 29.1. The fourth-order valence-electron chi connectivity index (χ4n) is 4.67. The summed E-state index contributed by atoms with van der Waals surface area (Å²) in [5.41, 5.74) is 0.991. The molecule has 2 aromatic carbocycles. The van der Waals surface area contributed by atoms with Crippen LogP contribution in [0.5, 0.6) is 0 Å². The minimum atomic E-state index is -2.64. The summed E-state index contributed by atoms with van der Waals surface area (Å²) in [7, 11) is -3.92. The minimum Gasteiger partial charge on any atom is -0.445 e. The molecule has 192 valence electrons. The van der Waals surface area contributed by atoms with Crippen LogP contribution in [0, 0.1) is 0 Å². The smallest absolute Gasteiger partial charge is 0.410 e. The molecule has 0 heterocycles. The van der Waals surface area contributed by atoms with E-state index in [-0.39, 0.29) is 23.8 Å². The molecule has 35 heavy (non-hydrogen) atoms. The zero-order valence-electron chi connectivity index (χ0n) is 23.1. The first-order valence-electron chi connectivity index (χ1n) is 12.6. The molecule has 0 N–H and O–H groups in total. The number of ether oxygens (including phenoxy) is 1. The largest absolute Gasteiger partial charge is 0.445 e. The topological polar surface area (TPSA) is 38.8 Å². The average Bonchev–Trinajstić information content (AvgIpc) is 2.76. The Morgan fingerprint density at radius 2 is 1.43 bits per heavy atom. The van der Waals surface area contributed by atoms with Crippen molar-refractivity contribution in [2.75, 3.05) is 19.8 Å². The van der Waals surface area contributed by atoms with Crippen molar-refractivity contribution in [2.24, 2.45) is 0 Å². The van der Waals surface area contributed by atoms with Crippen molar-refractivity contribution in [3.63, 3.8) is 0 Å². The van der Waals surface area contributed by atoms with Gasteiger partial charge in [0.1, 0.15) is 6.61 Å². The van der Waals surface area contributed by atoms with Gasteiger partial charge in [0, 0.05) is 20.7 Å².